The average Bonchev–Trinajstić information content (AvgIpc) is 2.45. The van der Waals surface area contributed by atoms with Gasteiger partial charge >= 0.3 is 6.61 Å². The first kappa shape index (κ1) is 14.7. The number of morpholine rings is 1. The Kier molecular flexibility index (Phi) is 5.25. The van der Waals surface area contributed by atoms with Gasteiger partial charge in [0.1, 0.15) is 5.75 Å². The van der Waals surface area contributed by atoms with E-state index in [1.165, 1.54) is 18.2 Å². The van der Waals surface area contributed by atoms with E-state index in [9.17, 15) is 13.6 Å². The molecule has 7 heteroatoms. The van der Waals surface area contributed by atoms with Crippen LogP contribution in [-0.2, 0) is 4.74 Å². The first-order valence-electron chi connectivity index (χ1n) is 6.29. The Labute approximate surface area is 115 Å². The highest BCUT2D eigenvalue weighted by Crippen LogP contribution is 2.15. The summed E-state index contributed by atoms with van der Waals surface area (Å²) in [7, 11) is 0. The van der Waals surface area contributed by atoms with Gasteiger partial charge in [-0.05, 0) is 18.2 Å². The molecule has 1 aromatic carbocycles. The molecule has 2 rings (SSSR count). The van der Waals surface area contributed by atoms with Crippen LogP contribution in [0.2, 0.25) is 0 Å². The van der Waals surface area contributed by atoms with Crippen LogP contribution in [0.5, 0.6) is 5.75 Å². The molecule has 1 aliphatic rings. The van der Waals surface area contributed by atoms with E-state index in [1.54, 1.807) is 6.07 Å². The van der Waals surface area contributed by atoms with E-state index in [1.807, 2.05) is 0 Å². The fraction of sp³-hybridized carbons (Fsp3) is 0.462. The lowest BCUT2D eigenvalue weighted by Gasteiger charge is -2.23. The molecule has 1 saturated heterocycles. The van der Waals surface area contributed by atoms with Crippen LogP contribution in [0, 0.1) is 0 Å². The largest absolute Gasteiger partial charge is 0.435 e. The number of nitrogens with one attached hydrogen (secondary N) is 2. The third-order valence-electron chi connectivity index (χ3n) is 2.83. The van der Waals surface area contributed by atoms with Crippen molar-refractivity contribution in [1.82, 2.24) is 10.6 Å². The Hall–Kier alpha value is -1.73. The van der Waals surface area contributed by atoms with Crippen molar-refractivity contribution in [3.05, 3.63) is 29.8 Å². The van der Waals surface area contributed by atoms with Crippen LogP contribution in [0.3, 0.4) is 0 Å². The fourth-order valence-electron chi connectivity index (χ4n) is 1.88. The average molecular weight is 286 g/mol. The second kappa shape index (κ2) is 7.16. The van der Waals surface area contributed by atoms with Gasteiger partial charge in [-0.3, -0.25) is 4.79 Å². The van der Waals surface area contributed by atoms with E-state index in [4.69, 9.17) is 4.74 Å². The van der Waals surface area contributed by atoms with E-state index in [0.717, 1.165) is 6.54 Å². The molecular weight excluding hydrogens is 270 g/mol. The molecule has 1 amide bonds. The molecule has 1 heterocycles. The van der Waals surface area contributed by atoms with Gasteiger partial charge in [0.25, 0.3) is 5.91 Å². The minimum absolute atomic E-state index is 0.0354. The smallest absolute Gasteiger partial charge is 0.387 e. The first-order chi connectivity index (χ1) is 9.65. The van der Waals surface area contributed by atoms with Crippen molar-refractivity contribution in [2.24, 2.45) is 0 Å². The van der Waals surface area contributed by atoms with Crippen molar-refractivity contribution in [2.45, 2.75) is 12.7 Å². The van der Waals surface area contributed by atoms with Gasteiger partial charge in [0.05, 0.1) is 13.2 Å². The summed E-state index contributed by atoms with van der Waals surface area (Å²) >= 11 is 0. The maximum atomic E-state index is 12.1. The lowest BCUT2D eigenvalue weighted by molar-refractivity contribution is -0.0498. The zero-order valence-corrected chi connectivity index (χ0v) is 10.8. The van der Waals surface area contributed by atoms with Crippen LogP contribution < -0.4 is 15.4 Å². The summed E-state index contributed by atoms with van der Waals surface area (Å²) in [5.41, 5.74) is 0.278. The van der Waals surface area contributed by atoms with Crippen molar-refractivity contribution >= 4 is 5.91 Å². The number of carbonyl (C=O) groups excluding carboxylic acids is 1. The number of amides is 1. The molecular formula is C13H16F2N2O3. The van der Waals surface area contributed by atoms with Crippen LogP contribution in [0.4, 0.5) is 8.78 Å². The predicted molar refractivity (Wildman–Crippen MR) is 68.0 cm³/mol. The molecule has 0 aromatic heterocycles. The Morgan fingerprint density at radius 2 is 2.40 bits per heavy atom. The summed E-state index contributed by atoms with van der Waals surface area (Å²) < 4.78 is 33.7. The number of benzene rings is 1. The molecule has 0 spiro atoms. The Balaban J connectivity index is 1.88. The molecule has 1 aromatic rings. The van der Waals surface area contributed by atoms with Gasteiger partial charge in [-0.2, -0.15) is 8.78 Å². The molecule has 1 aliphatic heterocycles. The Morgan fingerprint density at radius 1 is 1.55 bits per heavy atom. The molecule has 1 fully saturated rings. The van der Waals surface area contributed by atoms with Gasteiger partial charge in [-0.1, -0.05) is 6.07 Å². The highest BCUT2D eigenvalue weighted by atomic mass is 19.3. The number of alkyl halides is 2. The molecule has 0 radical (unpaired) electrons. The number of carbonyl (C=O) groups is 1. The minimum atomic E-state index is -2.91. The molecule has 1 atom stereocenters. The van der Waals surface area contributed by atoms with E-state index in [2.05, 4.69) is 15.4 Å². The lowest BCUT2D eigenvalue weighted by Crippen LogP contribution is -2.48. The summed E-state index contributed by atoms with van der Waals surface area (Å²) in [6.45, 7) is -0.541. The van der Waals surface area contributed by atoms with Gasteiger partial charge in [-0.25, -0.2) is 0 Å². The minimum Gasteiger partial charge on any atom is -0.435 e. The first-order valence-corrected chi connectivity index (χ1v) is 6.29. The molecule has 0 bridgehead atoms. The highest BCUT2D eigenvalue weighted by Gasteiger charge is 2.15. The molecule has 20 heavy (non-hydrogen) atoms. The summed E-state index contributed by atoms with van der Waals surface area (Å²) in [5, 5.41) is 5.92. The molecule has 0 saturated carbocycles. The zero-order valence-electron chi connectivity index (χ0n) is 10.8. The van der Waals surface area contributed by atoms with Crippen molar-refractivity contribution in [3.63, 3.8) is 0 Å². The molecule has 1 unspecified atom stereocenters. The van der Waals surface area contributed by atoms with Gasteiger partial charge < -0.3 is 20.1 Å². The van der Waals surface area contributed by atoms with Crippen LogP contribution in [0.1, 0.15) is 10.4 Å². The predicted octanol–water partition coefficient (Wildman–Crippen LogP) is 1.01. The van der Waals surface area contributed by atoms with E-state index < -0.39 is 6.61 Å². The van der Waals surface area contributed by atoms with Crippen LogP contribution in [-0.4, -0.2) is 44.9 Å². The van der Waals surface area contributed by atoms with Crippen molar-refractivity contribution in [2.75, 3.05) is 26.3 Å². The van der Waals surface area contributed by atoms with Gasteiger partial charge in [-0.15, -0.1) is 0 Å². The van der Waals surface area contributed by atoms with E-state index >= 15 is 0 Å². The fourth-order valence-corrected chi connectivity index (χ4v) is 1.88. The number of ether oxygens (including phenoxy) is 2. The summed E-state index contributed by atoms with van der Waals surface area (Å²) in [6.07, 6.45) is 0. The monoisotopic (exact) mass is 286 g/mol. The second-order valence-corrected chi connectivity index (χ2v) is 4.34. The normalized spacial score (nSPS) is 18.9. The number of hydrogen-bond donors (Lipinski definition) is 2. The van der Waals surface area contributed by atoms with Crippen molar-refractivity contribution < 1.29 is 23.0 Å². The zero-order chi connectivity index (χ0) is 14.4. The topological polar surface area (TPSA) is 59.6 Å². The van der Waals surface area contributed by atoms with Gasteiger partial charge in [0.15, 0.2) is 0 Å². The molecule has 0 aliphatic carbocycles. The Morgan fingerprint density at radius 3 is 3.10 bits per heavy atom. The maximum absolute atomic E-state index is 12.1. The highest BCUT2D eigenvalue weighted by molar-refractivity contribution is 5.94. The van der Waals surface area contributed by atoms with Crippen molar-refractivity contribution in [1.29, 1.82) is 0 Å². The van der Waals surface area contributed by atoms with Crippen molar-refractivity contribution in [3.8, 4) is 5.75 Å². The van der Waals surface area contributed by atoms with Crippen LogP contribution in [0.15, 0.2) is 24.3 Å². The second-order valence-electron chi connectivity index (χ2n) is 4.34. The molecule has 5 nitrogen and oxygen atoms in total. The van der Waals surface area contributed by atoms with Gasteiger partial charge in [0, 0.05) is 24.7 Å². The van der Waals surface area contributed by atoms with Crippen LogP contribution in [0.25, 0.3) is 0 Å². The maximum Gasteiger partial charge on any atom is 0.387 e. The summed E-state index contributed by atoms with van der Waals surface area (Å²) in [6, 6.07) is 5.76. The quantitative estimate of drug-likeness (QED) is 0.848. The third-order valence-corrected chi connectivity index (χ3v) is 2.83. The van der Waals surface area contributed by atoms with E-state index in [0.29, 0.717) is 19.8 Å². The number of rotatable bonds is 5. The standard InChI is InChI=1S/C13H16F2N2O3/c14-13(15)20-11-3-1-2-9(6-11)12(18)17-7-10-8-19-5-4-16-10/h1-3,6,10,13,16H,4-5,7-8H2,(H,17,18). The summed E-state index contributed by atoms with van der Waals surface area (Å²) in [5.74, 6) is -0.371. The number of halogens is 2. The summed E-state index contributed by atoms with van der Waals surface area (Å²) in [4.78, 5) is 11.9. The lowest BCUT2D eigenvalue weighted by atomic mass is 10.2. The Bertz CT molecular complexity index is 451. The van der Waals surface area contributed by atoms with Gasteiger partial charge in [0.2, 0.25) is 0 Å². The molecule has 110 valence electrons. The molecule has 2 N–H and O–H groups in total. The van der Waals surface area contributed by atoms with Crippen LogP contribution >= 0.6 is 0 Å². The van der Waals surface area contributed by atoms with E-state index in [-0.39, 0.29) is 23.3 Å². The third kappa shape index (κ3) is 4.43. The SMILES string of the molecule is O=C(NCC1COCCN1)c1cccc(OC(F)F)c1. The number of hydrogen-bond acceptors (Lipinski definition) is 4.